The van der Waals surface area contributed by atoms with Crippen LogP contribution in [0.15, 0.2) is 27.3 Å². The Kier molecular flexibility index (Phi) is 3.94. The fraction of sp³-hybridized carbons (Fsp3) is 0.412. The minimum absolute atomic E-state index is 0. The second-order valence-corrected chi connectivity index (χ2v) is 6.34. The van der Waals surface area contributed by atoms with Crippen molar-refractivity contribution < 1.29 is 8.94 Å². The first kappa shape index (κ1) is 16.0. The number of furan rings is 1. The monoisotopic (exact) mass is 333 g/mol. The summed E-state index contributed by atoms with van der Waals surface area (Å²) >= 11 is 0. The van der Waals surface area contributed by atoms with Crippen molar-refractivity contribution in [2.45, 2.75) is 45.1 Å². The Morgan fingerprint density at radius 1 is 1.26 bits per heavy atom. The van der Waals surface area contributed by atoms with Gasteiger partial charge in [0.05, 0.1) is 18.2 Å². The highest BCUT2D eigenvalue weighted by Crippen LogP contribution is 2.37. The molecule has 0 saturated heterocycles. The zero-order valence-corrected chi connectivity index (χ0v) is 14.1. The van der Waals surface area contributed by atoms with E-state index in [1.807, 2.05) is 0 Å². The fourth-order valence-electron chi connectivity index (χ4n) is 3.00. The summed E-state index contributed by atoms with van der Waals surface area (Å²) in [5, 5.41) is 5.17. The van der Waals surface area contributed by atoms with Crippen LogP contribution in [-0.2, 0) is 12.0 Å². The zero-order valence-electron chi connectivity index (χ0n) is 13.3. The number of benzene rings is 1. The normalized spacial score (nSPS) is 16.1. The van der Waals surface area contributed by atoms with E-state index in [9.17, 15) is 0 Å². The van der Waals surface area contributed by atoms with E-state index in [1.165, 1.54) is 11.1 Å². The minimum atomic E-state index is -0.381. The number of nitrogens with two attached hydrogens (primary N) is 1. The van der Waals surface area contributed by atoms with E-state index in [-0.39, 0.29) is 17.9 Å². The van der Waals surface area contributed by atoms with E-state index in [4.69, 9.17) is 14.7 Å². The molecule has 0 atom stereocenters. The lowest BCUT2D eigenvalue weighted by molar-refractivity contribution is 0.229. The number of nitrogens with zero attached hydrogens (tertiary/aromatic N) is 2. The second kappa shape index (κ2) is 5.65. The van der Waals surface area contributed by atoms with Crippen LogP contribution in [0.3, 0.4) is 0 Å². The third-order valence-electron chi connectivity index (χ3n) is 4.84. The van der Waals surface area contributed by atoms with Gasteiger partial charge in [0, 0.05) is 10.9 Å². The molecule has 0 bridgehead atoms. The van der Waals surface area contributed by atoms with Gasteiger partial charge in [0.25, 0.3) is 0 Å². The average Bonchev–Trinajstić information content (AvgIpc) is 3.09. The first-order valence-corrected chi connectivity index (χ1v) is 7.65. The maximum absolute atomic E-state index is 6.23. The Bertz CT molecular complexity index is 849. The van der Waals surface area contributed by atoms with Crippen molar-refractivity contribution >= 4 is 23.4 Å². The maximum Gasteiger partial charge on any atom is 0.231 e. The molecule has 2 heterocycles. The van der Waals surface area contributed by atoms with Crippen LogP contribution >= 0.6 is 12.4 Å². The molecule has 4 rings (SSSR count). The standard InChI is InChI=1S/C17H19N3O2.ClH/c1-10-4-5-13-12(9-21-15(13)11(10)2)8-14-19-16(20-22-14)17(18)6-3-7-17;/h4-5,9H,3,6-8,18H2,1-2H3;1H. The topological polar surface area (TPSA) is 78.1 Å². The van der Waals surface area contributed by atoms with Gasteiger partial charge < -0.3 is 14.7 Å². The van der Waals surface area contributed by atoms with E-state index in [0.29, 0.717) is 18.1 Å². The van der Waals surface area contributed by atoms with Gasteiger partial charge >= 0.3 is 0 Å². The molecule has 122 valence electrons. The molecular formula is C17H20ClN3O2. The van der Waals surface area contributed by atoms with Crippen molar-refractivity contribution in [2.75, 3.05) is 0 Å². The number of hydrogen-bond donors (Lipinski definition) is 1. The molecule has 0 spiro atoms. The van der Waals surface area contributed by atoms with Crippen LogP contribution < -0.4 is 5.73 Å². The number of aromatic nitrogens is 2. The van der Waals surface area contributed by atoms with Crippen molar-refractivity contribution in [3.05, 3.63) is 46.8 Å². The highest BCUT2D eigenvalue weighted by molar-refractivity contribution is 5.85. The minimum Gasteiger partial charge on any atom is -0.464 e. The van der Waals surface area contributed by atoms with Crippen LogP contribution in [0.1, 0.15) is 47.7 Å². The molecule has 0 aliphatic heterocycles. The van der Waals surface area contributed by atoms with Crippen molar-refractivity contribution in [1.29, 1.82) is 0 Å². The molecule has 1 aliphatic rings. The Balaban J connectivity index is 0.00000156. The van der Waals surface area contributed by atoms with Gasteiger partial charge in [-0.05, 0) is 44.2 Å². The number of hydrogen-bond acceptors (Lipinski definition) is 5. The summed E-state index contributed by atoms with van der Waals surface area (Å²) in [5.41, 5.74) is 10.2. The summed E-state index contributed by atoms with van der Waals surface area (Å²) in [6.07, 6.45) is 5.34. The fourth-order valence-corrected chi connectivity index (χ4v) is 3.00. The van der Waals surface area contributed by atoms with Gasteiger partial charge in [-0.15, -0.1) is 12.4 Å². The first-order chi connectivity index (χ1) is 10.6. The van der Waals surface area contributed by atoms with Gasteiger partial charge in [0.2, 0.25) is 5.89 Å². The Hall–Kier alpha value is -1.85. The van der Waals surface area contributed by atoms with Crippen molar-refractivity contribution in [1.82, 2.24) is 10.1 Å². The van der Waals surface area contributed by atoms with Crippen LogP contribution in [0.4, 0.5) is 0 Å². The number of fused-ring (bicyclic) bond motifs is 1. The van der Waals surface area contributed by atoms with Crippen molar-refractivity contribution in [3.8, 4) is 0 Å². The van der Waals surface area contributed by atoms with Crippen LogP contribution in [-0.4, -0.2) is 10.1 Å². The zero-order chi connectivity index (χ0) is 15.3. The SMILES string of the molecule is Cc1ccc2c(Cc3nc(C4(N)CCC4)no3)coc2c1C.Cl. The summed E-state index contributed by atoms with van der Waals surface area (Å²) < 4.78 is 11.1. The second-order valence-electron chi connectivity index (χ2n) is 6.34. The smallest absolute Gasteiger partial charge is 0.231 e. The van der Waals surface area contributed by atoms with E-state index in [0.717, 1.165) is 35.8 Å². The van der Waals surface area contributed by atoms with E-state index >= 15 is 0 Å². The summed E-state index contributed by atoms with van der Waals surface area (Å²) in [6, 6.07) is 4.20. The highest BCUT2D eigenvalue weighted by Gasteiger charge is 2.39. The molecule has 5 nitrogen and oxygen atoms in total. The predicted molar refractivity (Wildman–Crippen MR) is 89.8 cm³/mol. The Morgan fingerprint density at radius 2 is 2.04 bits per heavy atom. The molecule has 0 amide bonds. The van der Waals surface area contributed by atoms with Gasteiger partial charge in [-0.1, -0.05) is 17.3 Å². The summed E-state index contributed by atoms with van der Waals surface area (Å²) in [4.78, 5) is 4.48. The molecule has 3 aromatic rings. The molecule has 2 aromatic heterocycles. The molecule has 1 aromatic carbocycles. The Labute approximate surface area is 140 Å². The van der Waals surface area contributed by atoms with Gasteiger partial charge in [0.1, 0.15) is 5.58 Å². The summed E-state index contributed by atoms with van der Waals surface area (Å²) in [5.74, 6) is 1.22. The summed E-state index contributed by atoms with van der Waals surface area (Å²) in [7, 11) is 0. The Morgan fingerprint density at radius 3 is 2.74 bits per heavy atom. The van der Waals surface area contributed by atoms with Gasteiger partial charge in [-0.3, -0.25) is 0 Å². The quantitative estimate of drug-likeness (QED) is 0.789. The first-order valence-electron chi connectivity index (χ1n) is 7.65. The van der Waals surface area contributed by atoms with Crippen LogP contribution in [0, 0.1) is 13.8 Å². The molecule has 2 N–H and O–H groups in total. The third kappa shape index (κ3) is 2.54. The molecule has 0 radical (unpaired) electrons. The third-order valence-corrected chi connectivity index (χ3v) is 4.84. The lowest BCUT2D eigenvalue weighted by Gasteiger charge is -2.34. The van der Waals surface area contributed by atoms with E-state index in [1.54, 1.807) is 6.26 Å². The highest BCUT2D eigenvalue weighted by atomic mass is 35.5. The average molecular weight is 334 g/mol. The maximum atomic E-state index is 6.23. The number of halogens is 1. The predicted octanol–water partition coefficient (Wildman–Crippen LogP) is 3.78. The van der Waals surface area contributed by atoms with Crippen molar-refractivity contribution in [3.63, 3.8) is 0 Å². The molecule has 6 heteroatoms. The van der Waals surface area contributed by atoms with Crippen LogP contribution in [0.5, 0.6) is 0 Å². The van der Waals surface area contributed by atoms with E-state index in [2.05, 4.69) is 36.1 Å². The van der Waals surface area contributed by atoms with E-state index < -0.39 is 0 Å². The van der Waals surface area contributed by atoms with Crippen molar-refractivity contribution in [2.24, 2.45) is 5.73 Å². The largest absolute Gasteiger partial charge is 0.464 e. The molecule has 1 aliphatic carbocycles. The summed E-state index contributed by atoms with van der Waals surface area (Å²) in [6.45, 7) is 4.16. The lowest BCUT2D eigenvalue weighted by Crippen LogP contribution is -2.44. The van der Waals surface area contributed by atoms with Crippen LogP contribution in [0.2, 0.25) is 0 Å². The molecular weight excluding hydrogens is 314 g/mol. The molecule has 0 unspecified atom stereocenters. The number of aryl methyl sites for hydroxylation is 2. The van der Waals surface area contributed by atoms with Gasteiger partial charge in [-0.25, -0.2) is 0 Å². The lowest BCUT2D eigenvalue weighted by atomic mass is 9.77. The van der Waals surface area contributed by atoms with Crippen LogP contribution in [0.25, 0.3) is 11.0 Å². The van der Waals surface area contributed by atoms with Gasteiger partial charge in [0.15, 0.2) is 5.82 Å². The molecule has 23 heavy (non-hydrogen) atoms. The van der Waals surface area contributed by atoms with Gasteiger partial charge in [-0.2, -0.15) is 4.98 Å². The molecule has 1 fully saturated rings. The molecule has 1 saturated carbocycles. The number of rotatable bonds is 3.